The molecule has 0 bridgehead atoms. The van der Waals surface area contributed by atoms with Crippen molar-refractivity contribution in [2.24, 2.45) is 0 Å². The Morgan fingerprint density at radius 3 is 0.741 bits per heavy atom. The molecule has 0 radical (unpaired) electrons. The third kappa shape index (κ3) is 7.53. The fourth-order valence-electron chi connectivity index (χ4n) is 9.97. The normalized spacial score (nSPS) is 19.6. The van der Waals surface area contributed by atoms with Gasteiger partial charge >= 0.3 is 332 Å². The number of aryl methyl sites for hydroxylation is 4. The first-order valence-corrected chi connectivity index (χ1v) is 31.1. The number of fused-ring (bicyclic) bond motifs is 4. The van der Waals surface area contributed by atoms with E-state index < -0.39 is 41.9 Å². The maximum Gasteiger partial charge on any atom is -0.147 e. The van der Waals surface area contributed by atoms with Gasteiger partial charge in [-0.25, -0.2) is 0 Å². The van der Waals surface area contributed by atoms with E-state index >= 15 is 0 Å². The zero-order chi connectivity index (χ0) is 37.2. The van der Waals surface area contributed by atoms with Gasteiger partial charge in [-0.1, -0.05) is 0 Å². The van der Waals surface area contributed by atoms with Gasteiger partial charge in [-0.15, -0.1) is 24.8 Å². The Hall–Kier alpha value is -2.10. The molecule has 4 aromatic carbocycles. The first-order chi connectivity index (χ1) is 24.8. The van der Waals surface area contributed by atoms with Crippen LogP contribution in [0.4, 0.5) is 0 Å². The van der Waals surface area contributed by atoms with Crippen molar-refractivity contribution in [3.05, 3.63) is 162 Å². The van der Waals surface area contributed by atoms with Crippen LogP contribution in [0.1, 0.15) is 137 Å². The van der Waals surface area contributed by atoms with Crippen molar-refractivity contribution in [1.82, 2.24) is 0 Å². The topological polar surface area (TPSA) is 0 Å². The molecule has 0 saturated heterocycles. The summed E-state index contributed by atoms with van der Waals surface area (Å²) in [6, 6.07) is 27.7. The van der Waals surface area contributed by atoms with Gasteiger partial charge in [0.15, 0.2) is 0 Å². The first-order valence-electron chi connectivity index (χ1n) is 19.2. The van der Waals surface area contributed by atoms with Gasteiger partial charge in [0.05, 0.1) is 0 Å². The molecule has 4 aliphatic rings. The molecule has 0 spiro atoms. The van der Waals surface area contributed by atoms with Gasteiger partial charge in [0, 0.05) is 0 Å². The van der Waals surface area contributed by atoms with E-state index in [0.717, 1.165) is 0 Å². The fourth-order valence-corrected chi connectivity index (χ4v) is 37.3. The van der Waals surface area contributed by atoms with E-state index in [4.69, 9.17) is 0 Å². The Labute approximate surface area is 353 Å². The predicted molar refractivity (Wildman–Crippen MR) is 237 cm³/mol. The average Bonchev–Trinajstić information content (AvgIpc) is 3.81. The Balaban J connectivity index is 0.000000200. The van der Waals surface area contributed by atoms with Gasteiger partial charge < -0.3 is 0 Å². The van der Waals surface area contributed by atoms with Gasteiger partial charge in [0.25, 0.3) is 0 Å². The van der Waals surface area contributed by atoms with Crippen LogP contribution in [-0.4, -0.2) is 6.51 Å². The van der Waals surface area contributed by atoms with Crippen molar-refractivity contribution in [3.63, 3.8) is 0 Å². The van der Waals surface area contributed by atoms with Crippen LogP contribution in [-0.2, 0) is 41.9 Å². The smallest absolute Gasteiger partial charge is 0.147 e. The van der Waals surface area contributed by atoms with Gasteiger partial charge in [-0.2, -0.15) is 0 Å². The second kappa shape index (κ2) is 17.2. The van der Waals surface area contributed by atoms with E-state index in [1.54, 1.807) is 51.1 Å². The van der Waals surface area contributed by atoms with Crippen LogP contribution in [0.2, 0.25) is 0 Å². The Morgan fingerprint density at radius 2 is 0.556 bits per heavy atom. The minimum Gasteiger partial charge on any atom is -0.147 e. The Bertz CT molecular complexity index is 2020. The van der Waals surface area contributed by atoms with Crippen molar-refractivity contribution >= 4 is 55.6 Å². The molecular weight excluding hydrogens is 1030 g/mol. The number of halogens is 2. The van der Waals surface area contributed by atoms with E-state index in [1.165, 1.54) is 44.5 Å². The van der Waals surface area contributed by atoms with Crippen molar-refractivity contribution in [2.75, 3.05) is 0 Å². The molecule has 4 unspecified atom stereocenters. The summed E-state index contributed by atoms with van der Waals surface area (Å²) in [6.45, 7) is 28.2. The maximum absolute atomic E-state index is 2.48. The van der Waals surface area contributed by atoms with Crippen molar-refractivity contribution in [2.45, 2.75) is 97.8 Å². The Morgan fingerprint density at radius 1 is 0.352 bits per heavy atom. The molecule has 8 rings (SSSR count). The molecule has 4 aliphatic carbocycles. The molecule has 0 nitrogen and oxygen atoms in total. The summed E-state index contributed by atoms with van der Waals surface area (Å²) in [4.78, 5) is 0. The minimum absolute atomic E-state index is 0. The van der Waals surface area contributed by atoms with E-state index in [9.17, 15) is 0 Å². The summed E-state index contributed by atoms with van der Waals surface area (Å²) >= 11 is -4.42. The van der Waals surface area contributed by atoms with Gasteiger partial charge in [-0.3, -0.25) is 0 Å². The molecule has 4 heteroatoms. The van der Waals surface area contributed by atoms with Crippen LogP contribution < -0.4 is 0 Å². The van der Waals surface area contributed by atoms with Crippen LogP contribution in [0.15, 0.2) is 95.1 Å². The second-order valence-electron chi connectivity index (χ2n) is 16.5. The molecule has 0 amide bonds. The summed E-state index contributed by atoms with van der Waals surface area (Å²) in [5.74, 6) is 0. The van der Waals surface area contributed by atoms with Crippen LogP contribution >= 0.6 is 24.8 Å². The van der Waals surface area contributed by atoms with Crippen molar-refractivity contribution in [3.8, 4) is 0 Å². The van der Waals surface area contributed by atoms with Crippen molar-refractivity contribution < 1.29 is 41.9 Å². The maximum atomic E-state index is 2.48. The summed E-state index contributed by atoms with van der Waals surface area (Å²) in [6.07, 6.45) is 9.92. The number of allylic oxidation sites excluding steroid dienone is 4. The molecule has 54 heavy (non-hydrogen) atoms. The van der Waals surface area contributed by atoms with E-state index in [1.807, 2.05) is 0 Å². The molecule has 0 fully saturated rings. The second-order valence-corrected chi connectivity index (χ2v) is 38.5. The number of rotatable bonds is 4. The standard InChI is InChI=1S/4C11H11.2C3H6.2ClH.2Hf/c4*1-8-6-10-5-3-4-9(2)11(10)7-8;2*1-3-2;;;;/h4*3-7H,1-2H3;2*1-2H3;2*1H;;. The summed E-state index contributed by atoms with van der Waals surface area (Å²) in [5.41, 5.74) is 24.6. The molecule has 4 aromatic rings. The first kappa shape index (κ1) is 43.0. The predicted octanol–water partition coefficient (Wildman–Crippen LogP) is 14.3. The molecule has 0 aromatic heterocycles. The summed E-state index contributed by atoms with van der Waals surface area (Å²) < 4.78 is 6.27. The summed E-state index contributed by atoms with van der Waals surface area (Å²) in [5, 5.41) is 0. The third-order valence-corrected chi connectivity index (χ3v) is 40.6. The quantitative estimate of drug-likeness (QED) is 0.179. The van der Waals surface area contributed by atoms with Crippen LogP contribution in [0, 0.1) is 27.7 Å². The van der Waals surface area contributed by atoms with Crippen LogP contribution in [0.25, 0.3) is 24.3 Å². The zero-order valence-corrected chi connectivity index (χ0v) is 43.2. The summed E-state index contributed by atoms with van der Waals surface area (Å²) in [7, 11) is 0. The average molecular weight is 1090 g/mol. The number of hydrogen-bond acceptors (Lipinski definition) is 0. The number of hydrogen-bond donors (Lipinski definition) is 0. The largest absolute Gasteiger partial charge is 0.147 e. The van der Waals surface area contributed by atoms with E-state index in [-0.39, 0.29) is 24.8 Å². The minimum atomic E-state index is -2.21. The molecule has 0 aliphatic heterocycles. The fraction of sp³-hybridized carbons (Fsp3) is 0.320. The molecule has 0 heterocycles. The van der Waals surface area contributed by atoms with E-state index in [2.05, 4.69) is 180 Å². The monoisotopic (exact) mass is 1090 g/mol. The molecule has 280 valence electrons. The van der Waals surface area contributed by atoms with Crippen LogP contribution in [0.5, 0.6) is 0 Å². The van der Waals surface area contributed by atoms with Crippen LogP contribution in [0.3, 0.4) is 0 Å². The van der Waals surface area contributed by atoms with Gasteiger partial charge in [-0.05, 0) is 0 Å². The third-order valence-electron chi connectivity index (χ3n) is 12.4. The Kier molecular flexibility index (Phi) is 13.7. The number of benzene rings is 4. The molecule has 0 N–H and O–H groups in total. The molecule has 0 saturated carbocycles. The molecular formula is C50H58Cl2Hf2. The van der Waals surface area contributed by atoms with E-state index in [0.29, 0.717) is 14.7 Å². The van der Waals surface area contributed by atoms with Gasteiger partial charge in [0.1, 0.15) is 0 Å². The molecule has 4 atom stereocenters. The van der Waals surface area contributed by atoms with Crippen molar-refractivity contribution in [1.29, 1.82) is 0 Å². The van der Waals surface area contributed by atoms with Gasteiger partial charge in [0.2, 0.25) is 0 Å². The zero-order valence-electron chi connectivity index (χ0n) is 34.4. The SMILES string of the molecule is CC1=Cc2c(C)cccc2[CH]1[Hf](=[C](C)C)[CH]1C(C)=Cc2c(C)cccc21.CC1=Cc2c(C)cccc2[CH]1[Hf](=[C](C)C)[CH]1C(C)=Cc2c(C)cccc21.Cl.Cl.